The summed E-state index contributed by atoms with van der Waals surface area (Å²) < 4.78 is 11.1. The molecule has 2 rings (SSSR count). The van der Waals surface area contributed by atoms with Crippen LogP contribution in [0.5, 0.6) is 5.75 Å². The van der Waals surface area contributed by atoms with Gasteiger partial charge in [-0.3, -0.25) is 4.90 Å². The van der Waals surface area contributed by atoms with Crippen molar-refractivity contribution in [2.45, 2.75) is 58.3 Å². The first-order valence-electron chi connectivity index (χ1n) is 8.28. The summed E-state index contributed by atoms with van der Waals surface area (Å²) in [6.45, 7) is 7.37. The van der Waals surface area contributed by atoms with E-state index in [4.69, 9.17) is 21.1 Å². The first kappa shape index (κ1) is 19.4. The van der Waals surface area contributed by atoms with E-state index in [1.165, 1.54) is 4.90 Å². The van der Waals surface area contributed by atoms with Gasteiger partial charge in [0, 0.05) is 6.42 Å². The predicted octanol–water partition coefficient (Wildman–Crippen LogP) is 3.74. The first-order valence-corrected chi connectivity index (χ1v) is 8.66. The van der Waals surface area contributed by atoms with Gasteiger partial charge in [0.2, 0.25) is 0 Å². The second kappa shape index (κ2) is 7.52. The second-order valence-electron chi connectivity index (χ2n) is 7.08. The molecule has 0 saturated carbocycles. The van der Waals surface area contributed by atoms with E-state index in [0.29, 0.717) is 10.8 Å². The number of carboxylic acid groups (broad SMARTS) is 1. The number of ether oxygens (including phenoxy) is 2. The minimum Gasteiger partial charge on any atom is -0.487 e. The summed E-state index contributed by atoms with van der Waals surface area (Å²) >= 11 is 6.23. The van der Waals surface area contributed by atoms with Crippen LogP contribution in [0.15, 0.2) is 18.2 Å². The number of hydrogen-bond donors (Lipinski definition) is 1. The van der Waals surface area contributed by atoms with E-state index >= 15 is 0 Å². The number of carbonyl (C=O) groups excluding carboxylic acids is 1. The fourth-order valence-electron chi connectivity index (χ4n) is 2.68. The third kappa shape index (κ3) is 5.01. The molecule has 7 heteroatoms. The minimum atomic E-state index is -1.08. The molecule has 138 valence electrons. The van der Waals surface area contributed by atoms with Crippen LogP contribution in [-0.2, 0) is 16.0 Å². The lowest BCUT2D eigenvalue weighted by Crippen LogP contribution is -2.43. The zero-order chi connectivity index (χ0) is 18.8. The molecule has 1 saturated heterocycles. The third-order valence-electron chi connectivity index (χ3n) is 3.87. The molecule has 1 N–H and O–H groups in total. The normalized spacial score (nSPS) is 20.4. The van der Waals surface area contributed by atoms with Crippen LogP contribution in [-0.4, -0.2) is 46.4 Å². The highest BCUT2D eigenvalue weighted by atomic mass is 35.5. The second-order valence-corrected chi connectivity index (χ2v) is 7.49. The van der Waals surface area contributed by atoms with E-state index in [1.54, 1.807) is 26.8 Å². The number of aryl methyl sites for hydroxylation is 1. The number of rotatable bonds is 4. The van der Waals surface area contributed by atoms with Crippen LogP contribution in [0.2, 0.25) is 5.02 Å². The van der Waals surface area contributed by atoms with Gasteiger partial charge in [0.25, 0.3) is 0 Å². The fraction of sp³-hybridized carbons (Fsp3) is 0.556. The maximum Gasteiger partial charge on any atom is 0.411 e. The SMILES string of the molecule is CCc1ccc(O[C@@H]2C[C@@H](C(=O)O)N(C(=O)OC(C)(C)C)C2)c(Cl)c1. The molecule has 1 aromatic rings. The van der Waals surface area contributed by atoms with Crippen molar-refractivity contribution < 1.29 is 24.2 Å². The van der Waals surface area contributed by atoms with Crippen molar-refractivity contribution in [2.75, 3.05) is 6.54 Å². The molecule has 1 heterocycles. The molecule has 6 nitrogen and oxygen atoms in total. The average Bonchev–Trinajstić information content (AvgIpc) is 2.92. The molecule has 1 aliphatic rings. The predicted molar refractivity (Wildman–Crippen MR) is 94.2 cm³/mol. The summed E-state index contributed by atoms with van der Waals surface area (Å²) in [5.74, 6) is -0.594. The Bertz CT molecular complexity index is 655. The van der Waals surface area contributed by atoms with Crippen molar-refractivity contribution in [3.63, 3.8) is 0 Å². The van der Waals surface area contributed by atoms with E-state index in [1.807, 2.05) is 19.1 Å². The van der Waals surface area contributed by atoms with Crippen LogP contribution in [0.3, 0.4) is 0 Å². The van der Waals surface area contributed by atoms with Gasteiger partial charge in [-0.25, -0.2) is 9.59 Å². The Morgan fingerprint density at radius 1 is 1.36 bits per heavy atom. The number of halogens is 1. The topological polar surface area (TPSA) is 76.1 Å². The van der Waals surface area contributed by atoms with Crippen LogP contribution >= 0.6 is 11.6 Å². The molecule has 25 heavy (non-hydrogen) atoms. The van der Waals surface area contributed by atoms with E-state index in [0.717, 1.165) is 12.0 Å². The molecule has 0 unspecified atom stereocenters. The summed E-state index contributed by atoms with van der Waals surface area (Å²) in [6, 6.07) is 4.53. The Labute approximate surface area is 152 Å². The molecular formula is C18H24ClNO5. The van der Waals surface area contributed by atoms with E-state index in [9.17, 15) is 14.7 Å². The van der Waals surface area contributed by atoms with Crippen molar-refractivity contribution in [1.82, 2.24) is 4.90 Å². The van der Waals surface area contributed by atoms with Crippen molar-refractivity contribution >= 4 is 23.7 Å². The Hall–Kier alpha value is -1.95. The largest absolute Gasteiger partial charge is 0.487 e. The van der Waals surface area contributed by atoms with Gasteiger partial charge in [-0.05, 0) is 44.9 Å². The van der Waals surface area contributed by atoms with Gasteiger partial charge in [-0.2, -0.15) is 0 Å². The average molecular weight is 370 g/mol. The van der Waals surface area contributed by atoms with E-state index < -0.39 is 29.8 Å². The number of nitrogens with zero attached hydrogens (tertiary/aromatic N) is 1. The summed E-state index contributed by atoms with van der Waals surface area (Å²) in [4.78, 5) is 25.0. The Morgan fingerprint density at radius 2 is 2.04 bits per heavy atom. The zero-order valence-corrected chi connectivity index (χ0v) is 15.7. The summed E-state index contributed by atoms with van der Waals surface area (Å²) in [5, 5.41) is 9.88. The highest BCUT2D eigenvalue weighted by Crippen LogP contribution is 2.30. The van der Waals surface area contributed by atoms with Gasteiger partial charge in [0.1, 0.15) is 23.5 Å². The molecule has 1 aromatic carbocycles. The summed E-state index contributed by atoms with van der Waals surface area (Å²) in [7, 11) is 0. The highest BCUT2D eigenvalue weighted by molar-refractivity contribution is 6.32. The number of benzene rings is 1. The smallest absolute Gasteiger partial charge is 0.411 e. The third-order valence-corrected chi connectivity index (χ3v) is 4.17. The fourth-order valence-corrected chi connectivity index (χ4v) is 2.93. The maximum absolute atomic E-state index is 12.3. The van der Waals surface area contributed by atoms with Crippen molar-refractivity contribution in [2.24, 2.45) is 0 Å². The number of aliphatic carboxylic acids is 1. The van der Waals surface area contributed by atoms with Crippen LogP contribution in [0.1, 0.15) is 39.7 Å². The van der Waals surface area contributed by atoms with E-state index in [2.05, 4.69) is 0 Å². The molecule has 1 aliphatic heterocycles. The zero-order valence-electron chi connectivity index (χ0n) is 14.9. The molecule has 0 aromatic heterocycles. The molecule has 1 fully saturated rings. The summed E-state index contributed by atoms with van der Waals surface area (Å²) in [6.07, 6.45) is -0.0748. The molecule has 0 aliphatic carbocycles. The number of likely N-dealkylation sites (tertiary alicyclic amines) is 1. The molecular weight excluding hydrogens is 346 g/mol. The monoisotopic (exact) mass is 369 g/mol. The standard InChI is InChI=1S/C18H24ClNO5/c1-5-11-6-7-15(13(19)8-11)24-12-9-14(16(21)22)20(10-12)17(23)25-18(2,3)4/h6-8,12,14H,5,9-10H2,1-4H3,(H,21,22)/t12-,14+/m1/s1. The van der Waals surface area contributed by atoms with Crippen molar-refractivity contribution in [3.8, 4) is 5.75 Å². The van der Waals surface area contributed by atoms with Gasteiger partial charge in [-0.1, -0.05) is 24.6 Å². The number of carboxylic acids is 1. The van der Waals surface area contributed by atoms with Crippen LogP contribution in [0.25, 0.3) is 0 Å². The van der Waals surface area contributed by atoms with Gasteiger partial charge >= 0.3 is 12.1 Å². The van der Waals surface area contributed by atoms with Crippen LogP contribution in [0.4, 0.5) is 4.79 Å². The van der Waals surface area contributed by atoms with Gasteiger partial charge in [-0.15, -0.1) is 0 Å². The number of carbonyl (C=O) groups is 2. The lowest BCUT2D eigenvalue weighted by molar-refractivity contribution is -0.142. The summed E-state index contributed by atoms with van der Waals surface area (Å²) in [5.41, 5.74) is 0.390. The van der Waals surface area contributed by atoms with Crippen molar-refractivity contribution in [1.29, 1.82) is 0 Å². The lowest BCUT2D eigenvalue weighted by Gasteiger charge is -2.26. The Balaban J connectivity index is 2.11. The first-order chi connectivity index (χ1) is 11.6. The maximum atomic E-state index is 12.3. The molecule has 0 spiro atoms. The van der Waals surface area contributed by atoms with Crippen molar-refractivity contribution in [3.05, 3.63) is 28.8 Å². The minimum absolute atomic E-state index is 0.137. The Kier molecular flexibility index (Phi) is 5.83. The molecule has 0 radical (unpaired) electrons. The van der Waals surface area contributed by atoms with E-state index in [-0.39, 0.29) is 13.0 Å². The highest BCUT2D eigenvalue weighted by Gasteiger charge is 2.42. The molecule has 1 amide bonds. The Morgan fingerprint density at radius 3 is 2.56 bits per heavy atom. The quantitative estimate of drug-likeness (QED) is 0.874. The van der Waals surface area contributed by atoms with Gasteiger partial charge in [0.05, 0.1) is 11.6 Å². The lowest BCUT2D eigenvalue weighted by atomic mass is 10.1. The molecule has 0 bridgehead atoms. The van der Waals surface area contributed by atoms with Gasteiger partial charge in [0.15, 0.2) is 0 Å². The van der Waals surface area contributed by atoms with Gasteiger partial charge < -0.3 is 14.6 Å². The van der Waals surface area contributed by atoms with Crippen LogP contribution < -0.4 is 4.74 Å². The number of amides is 1. The molecule has 2 atom stereocenters. The number of hydrogen-bond acceptors (Lipinski definition) is 4. The van der Waals surface area contributed by atoms with Crippen LogP contribution in [0, 0.1) is 0 Å².